The summed E-state index contributed by atoms with van der Waals surface area (Å²) in [4.78, 5) is 18.4. The fraction of sp³-hybridized carbons (Fsp3) is 0.280. The molecule has 0 saturated heterocycles. The van der Waals surface area contributed by atoms with Crippen LogP contribution in [-0.2, 0) is 6.42 Å². The lowest BCUT2D eigenvalue weighted by Crippen LogP contribution is -2.30. The average Bonchev–Trinajstić information content (AvgIpc) is 2.86. The van der Waals surface area contributed by atoms with Crippen molar-refractivity contribution < 1.29 is 0 Å². The van der Waals surface area contributed by atoms with E-state index in [-0.39, 0.29) is 0 Å². The third-order valence-electron chi connectivity index (χ3n) is 5.54. The van der Waals surface area contributed by atoms with Gasteiger partial charge in [-0.1, -0.05) is 48.5 Å². The first kappa shape index (κ1) is 19.4. The van der Waals surface area contributed by atoms with Crippen molar-refractivity contribution in [3.8, 4) is 11.3 Å². The van der Waals surface area contributed by atoms with Gasteiger partial charge in [-0.15, -0.1) is 0 Å². The number of nitrogens with one attached hydrogen (secondary N) is 2. The van der Waals surface area contributed by atoms with Gasteiger partial charge >= 0.3 is 0 Å². The zero-order valence-corrected chi connectivity index (χ0v) is 17.5. The van der Waals surface area contributed by atoms with Crippen LogP contribution in [0.4, 0.5) is 0 Å². The van der Waals surface area contributed by atoms with Gasteiger partial charge in [-0.05, 0) is 24.5 Å². The standard InChI is InChI=1S/C25H26N6/c1-12-27-24(28-13-1)20-5-3-18(4-6-20)17-23-26-16-11-22(31-23)19-7-9-21(10-8-19)25-29-14-2-15-30-25/h3-11,16H,1-2,12-15,17H2,(H,27,28)(H,29,30). The third kappa shape index (κ3) is 4.63. The zero-order valence-electron chi connectivity index (χ0n) is 17.5. The molecule has 5 rings (SSSR count). The lowest BCUT2D eigenvalue weighted by Gasteiger charge is -2.15. The predicted octanol–water partition coefficient (Wildman–Crippen LogP) is 3.21. The number of hydrogen-bond acceptors (Lipinski definition) is 6. The second-order valence-corrected chi connectivity index (χ2v) is 7.83. The van der Waals surface area contributed by atoms with Crippen LogP contribution in [0.25, 0.3) is 11.3 Å². The molecule has 6 heteroatoms. The molecule has 2 aromatic carbocycles. The van der Waals surface area contributed by atoms with Crippen LogP contribution in [0.3, 0.4) is 0 Å². The maximum Gasteiger partial charge on any atom is 0.133 e. The van der Waals surface area contributed by atoms with Gasteiger partial charge in [-0.25, -0.2) is 9.97 Å². The molecule has 0 unspecified atom stereocenters. The molecule has 156 valence electrons. The Morgan fingerprint density at radius 3 is 1.84 bits per heavy atom. The van der Waals surface area contributed by atoms with Crippen molar-refractivity contribution in [1.29, 1.82) is 0 Å². The lowest BCUT2D eigenvalue weighted by molar-refractivity contribution is 0.742. The normalized spacial score (nSPS) is 16.0. The Balaban J connectivity index is 1.30. The molecular formula is C25H26N6. The Bertz CT molecular complexity index is 1100. The van der Waals surface area contributed by atoms with Crippen molar-refractivity contribution in [2.45, 2.75) is 19.3 Å². The van der Waals surface area contributed by atoms with Crippen LogP contribution in [0, 0.1) is 0 Å². The van der Waals surface area contributed by atoms with E-state index in [2.05, 4.69) is 74.1 Å². The number of aliphatic imine (C=N–C) groups is 2. The monoisotopic (exact) mass is 410 g/mol. The topological polar surface area (TPSA) is 74.6 Å². The molecule has 0 saturated carbocycles. The summed E-state index contributed by atoms with van der Waals surface area (Å²) in [6.45, 7) is 3.77. The summed E-state index contributed by atoms with van der Waals surface area (Å²) in [6.07, 6.45) is 4.74. The smallest absolute Gasteiger partial charge is 0.133 e. The molecule has 0 aliphatic carbocycles. The van der Waals surface area contributed by atoms with E-state index in [1.54, 1.807) is 0 Å². The first-order chi connectivity index (χ1) is 15.3. The first-order valence-electron chi connectivity index (χ1n) is 10.9. The van der Waals surface area contributed by atoms with E-state index in [1.807, 2.05) is 12.3 Å². The quantitative estimate of drug-likeness (QED) is 0.677. The number of benzene rings is 2. The number of hydrogen-bond donors (Lipinski definition) is 2. The van der Waals surface area contributed by atoms with Crippen LogP contribution in [0.2, 0.25) is 0 Å². The van der Waals surface area contributed by atoms with E-state index in [0.29, 0.717) is 6.42 Å². The van der Waals surface area contributed by atoms with E-state index >= 15 is 0 Å². The summed E-state index contributed by atoms with van der Waals surface area (Å²) in [7, 11) is 0. The van der Waals surface area contributed by atoms with Crippen molar-refractivity contribution in [3.63, 3.8) is 0 Å². The maximum atomic E-state index is 4.80. The first-order valence-corrected chi connectivity index (χ1v) is 10.9. The molecule has 0 atom stereocenters. The highest BCUT2D eigenvalue weighted by Crippen LogP contribution is 2.19. The van der Waals surface area contributed by atoms with Crippen LogP contribution >= 0.6 is 0 Å². The summed E-state index contributed by atoms with van der Waals surface area (Å²) < 4.78 is 0. The molecule has 0 bridgehead atoms. The molecule has 2 aliphatic heterocycles. The minimum absolute atomic E-state index is 0.701. The van der Waals surface area contributed by atoms with Gasteiger partial charge < -0.3 is 10.6 Å². The van der Waals surface area contributed by atoms with Gasteiger partial charge in [0.15, 0.2) is 0 Å². The largest absolute Gasteiger partial charge is 0.370 e. The van der Waals surface area contributed by atoms with Crippen molar-refractivity contribution in [3.05, 3.63) is 83.3 Å². The Hall–Kier alpha value is -3.54. The molecule has 0 radical (unpaired) electrons. The molecule has 0 amide bonds. The molecule has 6 nitrogen and oxygen atoms in total. The van der Waals surface area contributed by atoms with Crippen LogP contribution in [0.5, 0.6) is 0 Å². The van der Waals surface area contributed by atoms with Crippen LogP contribution in [0.15, 0.2) is 70.8 Å². The Morgan fingerprint density at radius 2 is 1.26 bits per heavy atom. The van der Waals surface area contributed by atoms with E-state index in [1.165, 1.54) is 5.56 Å². The molecule has 0 fully saturated rings. The highest BCUT2D eigenvalue weighted by molar-refractivity contribution is 5.99. The van der Waals surface area contributed by atoms with Crippen molar-refractivity contribution >= 4 is 11.7 Å². The summed E-state index contributed by atoms with van der Waals surface area (Å²) in [5.41, 5.74) is 5.47. The number of nitrogens with zero attached hydrogens (tertiary/aromatic N) is 4. The average molecular weight is 411 g/mol. The van der Waals surface area contributed by atoms with Gasteiger partial charge in [-0.3, -0.25) is 9.98 Å². The molecule has 2 aliphatic rings. The third-order valence-corrected chi connectivity index (χ3v) is 5.54. The minimum atomic E-state index is 0.701. The summed E-state index contributed by atoms with van der Waals surface area (Å²) in [6, 6.07) is 18.9. The number of aromatic nitrogens is 2. The second-order valence-electron chi connectivity index (χ2n) is 7.83. The van der Waals surface area contributed by atoms with E-state index in [9.17, 15) is 0 Å². The summed E-state index contributed by atoms with van der Waals surface area (Å²) >= 11 is 0. The highest BCUT2D eigenvalue weighted by Gasteiger charge is 2.10. The fourth-order valence-electron chi connectivity index (χ4n) is 3.86. The maximum absolute atomic E-state index is 4.80. The fourth-order valence-corrected chi connectivity index (χ4v) is 3.86. The zero-order chi connectivity index (χ0) is 20.9. The van der Waals surface area contributed by atoms with Gasteiger partial charge in [0.2, 0.25) is 0 Å². The molecular weight excluding hydrogens is 384 g/mol. The van der Waals surface area contributed by atoms with Crippen LogP contribution in [0.1, 0.15) is 35.4 Å². The van der Waals surface area contributed by atoms with Gasteiger partial charge in [0.05, 0.1) is 5.69 Å². The van der Waals surface area contributed by atoms with Gasteiger partial charge in [0, 0.05) is 55.5 Å². The van der Waals surface area contributed by atoms with Crippen LogP contribution in [-0.4, -0.2) is 47.8 Å². The highest BCUT2D eigenvalue weighted by atomic mass is 15.0. The summed E-state index contributed by atoms with van der Waals surface area (Å²) in [5.74, 6) is 2.80. The Labute approximate surface area is 182 Å². The molecule has 1 aromatic heterocycles. The molecule has 0 spiro atoms. The summed E-state index contributed by atoms with van der Waals surface area (Å²) in [5, 5.41) is 6.74. The number of amidine groups is 2. The minimum Gasteiger partial charge on any atom is -0.370 e. The van der Waals surface area contributed by atoms with Gasteiger partial charge in [-0.2, -0.15) is 0 Å². The van der Waals surface area contributed by atoms with E-state index < -0.39 is 0 Å². The molecule has 3 heterocycles. The number of rotatable bonds is 5. The second kappa shape index (κ2) is 9.08. The Morgan fingerprint density at radius 1 is 0.677 bits per heavy atom. The van der Waals surface area contributed by atoms with Crippen molar-refractivity contribution in [1.82, 2.24) is 20.6 Å². The van der Waals surface area contributed by atoms with Gasteiger partial charge in [0.25, 0.3) is 0 Å². The molecule has 2 N–H and O–H groups in total. The lowest BCUT2D eigenvalue weighted by atomic mass is 10.1. The SMILES string of the molecule is c1cc(-c2ccc(C3=NCCCN3)cc2)nc(Cc2ccc(C3=NCCCN3)cc2)n1. The van der Waals surface area contributed by atoms with E-state index in [0.717, 1.165) is 78.9 Å². The van der Waals surface area contributed by atoms with Crippen molar-refractivity contribution in [2.75, 3.05) is 26.2 Å². The molecule has 3 aromatic rings. The Kier molecular flexibility index (Phi) is 5.69. The molecule has 31 heavy (non-hydrogen) atoms. The predicted molar refractivity (Wildman–Crippen MR) is 125 cm³/mol. The van der Waals surface area contributed by atoms with Crippen LogP contribution < -0.4 is 10.6 Å². The van der Waals surface area contributed by atoms with Crippen molar-refractivity contribution in [2.24, 2.45) is 9.98 Å². The van der Waals surface area contributed by atoms with E-state index in [4.69, 9.17) is 4.98 Å². The van der Waals surface area contributed by atoms with Gasteiger partial charge in [0.1, 0.15) is 17.5 Å².